The first-order valence-corrected chi connectivity index (χ1v) is 10.5. The second-order valence-electron chi connectivity index (χ2n) is 8.36. The number of nitrogens with one attached hydrogen (secondary N) is 1. The first kappa shape index (κ1) is 23.1. The molecule has 1 aromatic heterocycles. The lowest BCUT2D eigenvalue weighted by Crippen LogP contribution is -2.35. The summed E-state index contributed by atoms with van der Waals surface area (Å²) >= 11 is 0. The van der Waals surface area contributed by atoms with Crippen LogP contribution in [0, 0.1) is 0 Å². The average molecular weight is 437 g/mol. The summed E-state index contributed by atoms with van der Waals surface area (Å²) in [5, 5.41) is 2.80. The van der Waals surface area contributed by atoms with Gasteiger partial charge in [-0.2, -0.15) is 0 Å². The average Bonchev–Trinajstić information content (AvgIpc) is 3.25. The third-order valence-corrected chi connectivity index (χ3v) is 4.50. The molecule has 0 aliphatic carbocycles. The molecule has 3 rings (SSSR count). The molecule has 0 unspecified atom stereocenters. The smallest absolute Gasteiger partial charge is 0.408 e. The molecule has 7 nitrogen and oxygen atoms in total. The van der Waals surface area contributed by atoms with Crippen molar-refractivity contribution in [2.75, 3.05) is 0 Å². The lowest BCUT2D eigenvalue weighted by Gasteiger charge is -2.22. The zero-order valence-electron chi connectivity index (χ0n) is 18.5. The van der Waals surface area contributed by atoms with Crippen LogP contribution in [-0.4, -0.2) is 22.6 Å². The summed E-state index contributed by atoms with van der Waals surface area (Å²) in [6, 6.07) is 18.7. The van der Waals surface area contributed by atoms with Crippen molar-refractivity contribution in [2.24, 2.45) is 0 Å². The van der Waals surface area contributed by atoms with Crippen molar-refractivity contribution in [1.29, 1.82) is 0 Å². The molecule has 0 radical (unpaired) electrons. The van der Waals surface area contributed by atoms with Gasteiger partial charge in [0.25, 0.3) is 0 Å². The molecule has 0 aliphatic rings. The van der Waals surface area contributed by atoms with Gasteiger partial charge in [0, 0.05) is 0 Å². The van der Waals surface area contributed by atoms with Crippen molar-refractivity contribution in [3.05, 3.63) is 89.6 Å². The first-order chi connectivity index (χ1) is 15.3. The van der Waals surface area contributed by atoms with Gasteiger partial charge in [-0.15, -0.1) is 0 Å². The van der Waals surface area contributed by atoms with Crippen LogP contribution in [-0.2, 0) is 22.5 Å². The lowest BCUT2D eigenvalue weighted by atomic mass is 10.1. The van der Waals surface area contributed by atoms with Crippen LogP contribution in [0.1, 0.15) is 60.7 Å². The number of oxazole rings is 1. The molecule has 0 saturated heterocycles. The van der Waals surface area contributed by atoms with Gasteiger partial charge < -0.3 is 19.2 Å². The number of nitrogens with zero attached hydrogens (tertiary/aromatic N) is 1. The zero-order valence-corrected chi connectivity index (χ0v) is 18.5. The number of ether oxygens (including phenoxy) is 2. The third-order valence-electron chi connectivity index (χ3n) is 4.50. The number of hydrogen-bond donors (Lipinski definition) is 1. The number of esters is 1. The van der Waals surface area contributed by atoms with E-state index in [0.29, 0.717) is 12.8 Å². The van der Waals surface area contributed by atoms with E-state index in [4.69, 9.17) is 13.9 Å². The van der Waals surface area contributed by atoms with Gasteiger partial charge in [0.15, 0.2) is 5.69 Å². The Morgan fingerprint density at radius 3 is 2.25 bits per heavy atom. The highest BCUT2D eigenvalue weighted by atomic mass is 16.6. The number of alkyl carbamates (subject to hydrolysis) is 1. The van der Waals surface area contributed by atoms with Gasteiger partial charge in [-0.1, -0.05) is 60.7 Å². The molecule has 168 valence electrons. The zero-order chi connectivity index (χ0) is 23.0. The Morgan fingerprint density at radius 1 is 1.00 bits per heavy atom. The largest absolute Gasteiger partial charge is 0.456 e. The summed E-state index contributed by atoms with van der Waals surface area (Å²) in [6.45, 7) is 5.50. The number of carbonyl (C=O) groups excluding carboxylic acids is 2. The minimum absolute atomic E-state index is 0.0478. The molecule has 7 heteroatoms. The molecule has 0 spiro atoms. The van der Waals surface area contributed by atoms with E-state index < -0.39 is 23.7 Å². The van der Waals surface area contributed by atoms with Crippen LogP contribution in [0.3, 0.4) is 0 Å². The predicted molar refractivity (Wildman–Crippen MR) is 119 cm³/mol. The van der Waals surface area contributed by atoms with E-state index in [-0.39, 0.29) is 18.2 Å². The van der Waals surface area contributed by atoms with Gasteiger partial charge in [-0.05, 0) is 44.7 Å². The molecule has 1 amide bonds. The van der Waals surface area contributed by atoms with Crippen LogP contribution in [0.4, 0.5) is 4.79 Å². The number of amides is 1. The fraction of sp³-hybridized carbons (Fsp3) is 0.320. The van der Waals surface area contributed by atoms with Crippen LogP contribution in [0.15, 0.2) is 71.3 Å². The summed E-state index contributed by atoms with van der Waals surface area (Å²) in [5.74, 6) is -0.374. The highest BCUT2D eigenvalue weighted by Crippen LogP contribution is 2.21. The van der Waals surface area contributed by atoms with Gasteiger partial charge >= 0.3 is 12.1 Å². The van der Waals surface area contributed by atoms with Crippen LogP contribution >= 0.6 is 0 Å². The number of aromatic nitrogens is 1. The minimum atomic E-state index is -0.642. The Morgan fingerprint density at radius 2 is 1.62 bits per heavy atom. The number of rotatable bonds is 8. The van der Waals surface area contributed by atoms with E-state index in [1.54, 1.807) is 20.8 Å². The summed E-state index contributed by atoms with van der Waals surface area (Å²) < 4.78 is 16.2. The topological polar surface area (TPSA) is 90.7 Å². The second-order valence-corrected chi connectivity index (χ2v) is 8.36. The standard InChI is InChI=1S/C25H28N2O5/c1-25(2,3)32-24(29)27-20(15-14-18-10-6-4-7-11-18)22-26-21(17-30-22)23(28)31-16-19-12-8-5-9-13-19/h4-13,17,20H,14-16H2,1-3H3,(H,27,29)/t20-/m1/s1. The number of carbonyl (C=O) groups is 2. The molecule has 0 saturated carbocycles. The predicted octanol–water partition coefficient (Wildman–Crippen LogP) is 5.23. The van der Waals surface area contributed by atoms with Gasteiger partial charge in [0.2, 0.25) is 5.89 Å². The Bertz CT molecular complexity index is 1010. The first-order valence-electron chi connectivity index (χ1n) is 10.5. The highest BCUT2D eigenvalue weighted by Gasteiger charge is 2.25. The Labute approximate surface area is 187 Å². The number of hydrogen-bond acceptors (Lipinski definition) is 6. The van der Waals surface area contributed by atoms with E-state index in [1.807, 2.05) is 60.7 Å². The van der Waals surface area contributed by atoms with Gasteiger partial charge in [0.05, 0.1) is 0 Å². The molecule has 1 atom stereocenters. The number of aryl methyl sites for hydroxylation is 1. The highest BCUT2D eigenvalue weighted by molar-refractivity contribution is 5.86. The summed E-state index contributed by atoms with van der Waals surface area (Å²) in [5.41, 5.74) is 1.39. The van der Waals surface area contributed by atoms with Gasteiger partial charge in [-0.25, -0.2) is 14.6 Å². The third kappa shape index (κ3) is 7.27. The van der Waals surface area contributed by atoms with Crippen molar-refractivity contribution in [1.82, 2.24) is 10.3 Å². The summed E-state index contributed by atoms with van der Waals surface area (Å²) in [6.07, 6.45) is 1.86. The van der Waals surface area contributed by atoms with Crippen LogP contribution < -0.4 is 5.32 Å². The molecule has 0 aliphatic heterocycles. The van der Waals surface area contributed by atoms with Crippen molar-refractivity contribution >= 4 is 12.1 Å². The van der Waals surface area contributed by atoms with E-state index in [2.05, 4.69) is 10.3 Å². The van der Waals surface area contributed by atoms with Gasteiger partial charge in [-0.3, -0.25) is 0 Å². The maximum atomic E-state index is 12.4. The van der Waals surface area contributed by atoms with E-state index >= 15 is 0 Å². The van der Waals surface area contributed by atoms with Crippen molar-refractivity contribution in [3.63, 3.8) is 0 Å². The van der Waals surface area contributed by atoms with Crippen molar-refractivity contribution in [3.8, 4) is 0 Å². The Balaban J connectivity index is 1.68. The lowest BCUT2D eigenvalue weighted by molar-refractivity contribution is 0.0464. The summed E-state index contributed by atoms with van der Waals surface area (Å²) in [7, 11) is 0. The quantitative estimate of drug-likeness (QED) is 0.486. The maximum Gasteiger partial charge on any atom is 0.408 e. The maximum absolute atomic E-state index is 12.4. The monoisotopic (exact) mass is 436 g/mol. The molecule has 0 fully saturated rings. The molecule has 1 N–H and O–H groups in total. The van der Waals surface area contributed by atoms with Crippen LogP contribution in [0.2, 0.25) is 0 Å². The van der Waals surface area contributed by atoms with E-state index in [1.165, 1.54) is 6.26 Å². The van der Waals surface area contributed by atoms with Gasteiger partial charge in [0.1, 0.15) is 24.5 Å². The molecule has 3 aromatic rings. The van der Waals surface area contributed by atoms with Crippen LogP contribution in [0.5, 0.6) is 0 Å². The molecular formula is C25H28N2O5. The molecule has 1 heterocycles. The molecular weight excluding hydrogens is 408 g/mol. The molecule has 32 heavy (non-hydrogen) atoms. The van der Waals surface area contributed by atoms with E-state index in [9.17, 15) is 9.59 Å². The molecule has 0 bridgehead atoms. The fourth-order valence-corrected chi connectivity index (χ4v) is 3.00. The van der Waals surface area contributed by atoms with Crippen molar-refractivity contribution in [2.45, 2.75) is 51.9 Å². The van der Waals surface area contributed by atoms with E-state index in [0.717, 1.165) is 11.1 Å². The second kappa shape index (κ2) is 10.6. The van der Waals surface area contributed by atoms with Crippen LogP contribution in [0.25, 0.3) is 0 Å². The SMILES string of the molecule is CC(C)(C)OC(=O)N[C@H](CCc1ccccc1)c1nc(C(=O)OCc2ccccc2)co1. The Hall–Kier alpha value is -3.61. The van der Waals surface area contributed by atoms with Crippen molar-refractivity contribution < 1.29 is 23.5 Å². The molecule has 2 aromatic carbocycles. The minimum Gasteiger partial charge on any atom is -0.456 e. The number of benzene rings is 2. The fourth-order valence-electron chi connectivity index (χ4n) is 3.00. The Kier molecular flexibility index (Phi) is 7.65. The summed E-state index contributed by atoms with van der Waals surface area (Å²) in [4.78, 5) is 29.0. The normalized spacial score (nSPS) is 12.1.